The Balaban J connectivity index is 2.16. The van der Waals surface area contributed by atoms with E-state index in [-0.39, 0.29) is 5.69 Å². The van der Waals surface area contributed by atoms with E-state index in [1.165, 1.54) is 6.20 Å². The first-order valence-corrected chi connectivity index (χ1v) is 5.51. The van der Waals surface area contributed by atoms with Crippen LogP contribution in [0.1, 0.15) is 23.3 Å². The minimum Gasteiger partial charge on any atom is -0.480 e. The molecule has 2 rings (SSSR count). The van der Waals surface area contributed by atoms with E-state index in [1.54, 1.807) is 12.1 Å². The lowest BCUT2D eigenvalue weighted by Crippen LogP contribution is -2.43. The normalized spacial score (nSPS) is 16.6. The number of carbonyl (C=O) groups excluding carboxylic acids is 1. The van der Waals surface area contributed by atoms with Crippen molar-refractivity contribution in [2.75, 3.05) is 0 Å². The van der Waals surface area contributed by atoms with Gasteiger partial charge >= 0.3 is 5.97 Å². The number of hydrogen-bond donors (Lipinski definition) is 2. The van der Waals surface area contributed by atoms with Gasteiger partial charge in [0.25, 0.3) is 5.91 Å². The highest BCUT2D eigenvalue weighted by Gasteiger charge is 2.51. The van der Waals surface area contributed by atoms with Crippen LogP contribution in [0.4, 0.5) is 0 Å². The number of pyridine rings is 1. The van der Waals surface area contributed by atoms with Gasteiger partial charge < -0.3 is 10.4 Å². The number of amides is 1. The zero-order valence-corrected chi connectivity index (χ0v) is 9.82. The molecule has 6 heteroatoms. The molecule has 0 saturated heterocycles. The molecule has 16 heavy (non-hydrogen) atoms. The van der Waals surface area contributed by atoms with Crippen molar-refractivity contribution < 1.29 is 14.7 Å². The number of carbonyl (C=O) groups is 2. The Morgan fingerprint density at radius 3 is 2.69 bits per heavy atom. The van der Waals surface area contributed by atoms with Crippen LogP contribution in [-0.2, 0) is 4.79 Å². The number of nitrogens with one attached hydrogen (secondary N) is 1. The zero-order valence-electron chi connectivity index (χ0n) is 8.24. The van der Waals surface area contributed by atoms with Gasteiger partial charge in [-0.3, -0.25) is 4.79 Å². The standard InChI is InChI=1S/C10H9BrN2O3/c11-6-2-1-5-12-7(6)8(14)13-10(3-4-10)9(15)16/h1-2,5H,3-4H2,(H,13,14)(H,15,16). The Morgan fingerprint density at radius 1 is 1.50 bits per heavy atom. The Kier molecular flexibility index (Phi) is 2.67. The van der Waals surface area contributed by atoms with Crippen LogP contribution in [0.3, 0.4) is 0 Å². The number of aliphatic carboxylic acids is 1. The van der Waals surface area contributed by atoms with Gasteiger partial charge in [0.05, 0.1) is 0 Å². The summed E-state index contributed by atoms with van der Waals surface area (Å²) >= 11 is 3.19. The molecule has 1 aromatic rings. The predicted molar refractivity (Wildman–Crippen MR) is 59.0 cm³/mol. The Hall–Kier alpha value is -1.43. The molecule has 0 atom stereocenters. The van der Waals surface area contributed by atoms with Crippen LogP contribution in [0.5, 0.6) is 0 Å². The molecule has 84 valence electrons. The summed E-state index contributed by atoms with van der Waals surface area (Å²) in [4.78, 5) is 26.5. The fourth-order valence-electron chi connectivity index (χ4n) is 1.35. The van der Waals surface area contributed by atoms with E-state index < -0.39 is 17.4 Å². The van der Waals surface area contributed by atoms with E-state index in [4.69, 9.17) is 5.11 Å². The Bertz CT molecular complexity index is 457. The van der Waals surface area contributed by atoms with Crippen LogP contribution in [0.2, 0.25) is 0 Å². The van der Waals surface area contributed by atoms with Crippen molar-refractivity contribution in [3.63, 3.8) is 0 Å². The maximum absolute atomic E-state index is 11.8. The van der Waals surface area contributed by atoms with Crippen LogP contribution >= 0.6 is 15.9 Å². The maximum Gasteiger partial charge on any atom is 0.329 e. The second kappa shape index (κ2) is 3.86. The SMILES string of the molecule is O=C(NC1(C(=O)O)CC1)c1ncccc1Br. The largest absolute Gasteiger partial charge is 0.480 e. The van der Waals surface area contributed by atoms with E-state index in [0.717, 1.165) is 0 Å². The first-order chi connectivity index (χ1) is 7.55. The fraction of sp³-hybridized carbons (Fsp3) is 0.300. The molecular weight excluding hydrogens is 276 g/mol. The molecular formula is C10H9BrN2O3. The van der Waals surface area contributed by atoms with Gasteiger partial charge in [-0.1, -0.05) is 0 Å². The smallest absolute Gasteiger partial charge is 0.329 e. The molecule has 2 N–H and O–H groups in total. The molecule has 0 aromatic carbocycles. The third-order valence-corrected chi connectivity index (χ3v) is 3.13. The van der Waals surface area contributed by atoms with Crippen LogP contribution in [0.25, 0.3) is 0 Å². The number of carboxylic acid groups (broad SMARTS) is 1. The van der Waals surface area contributed by atoms with Crippen molar-refractivity contribution in [1.82, 2.24) is 10.3 Å². The number of rotatable bonds is 3. The molecule has 1 aliphatic rings. The average Bonchev–Trinajstić information content (AvgIpc) is 2.99. The quantitative estimate of drug-likeness (QED) is 0.874. The Labute approximate surface area is 100 Å². The number of halogens is 1. The maximum atomic E-state index is 11.8. The summed E-state index contributed by atoms with van der Waals surface area (Å²) in [5.74, 6) is -1.46. The lowest BCUT2D eigenvalue weighted by atomic mass is 10.2. The molecule has 1 aromatic heterocycles. The summed E-state index contributed by atoms with van der Waals surface area (Å²) in [7, 11) is 0. The molecule has 1 amide bonds. The second-order valence-electron chi connectivity index (χ2n) is 3.68. The minimum atomic E-state index is -1.08. The van der Waals surface area contributed by atoms with Crippen LogP contribution in [0.15, 0.2) is 22.8 Å². The third-order valence-electron chi connectivity index (χ3n) is 2.49. The molecule has 1 heterocycles. The zero-order chi connectivity index (χ0) is 11.8. The molecule has 1 saturated carbocycles. The van der Waals surface area contributed by atoms with Crippen LogP contribution in [-0.4, -0.2) is 27.5 Å². The number of hydrogen-bond acceptors (Lipinski definition) is 3. The van der Waals surface area contributed by atoms with Gasteiger partial charge in [0.15, 0.2) is 0 Å². The van der Waals surface area contributed by atoms with Crippen molar-refractivity contribution in [3.05, 3.63) is 28.5 Å². The molecule has 0 spiro atoms. The van der Waals surface area contributed by atoms with Gasteiger partial charge in [-0.25, -0.2) is 9.78 Å². The average molecular weight is 285 g/mol. The Morgan fingerprint density at radius 2 is 2.19 bits per heavy atom. The molecule has 1 aliphatic carbocycles. The predicted octanol–water partition coefficient (Wildman–Crippen LogP) is 1.19. The monoisotopic (exact) mass is 284 g/mol. The van der Waals surface area contributed by atoms with Crippen molar-refractivity contribution in [2.45, 2.75) is 18.4 Å². The first-order valence-electron chi connectivity index (χ1n) is 4.72. The number of aromatic nitrogens is 1. The molecule has 0 bridgehead atoms. The summed E-state index contributed by atoms with van der Waals surface area (Å²) in [6, 6.07) is 3.37. The lowest BCUT2D eigenvalue weighted by molar-refractivity contribution is -0.140. The molecule has 0 radical (unpaired) electrons. The van der Waals surface area contributed by atoms with Gasteiger partial charge in [-0.2, -0.15) is 0 Å². The van der Waals surface area contributed by atoms with Crippen molar-refractivity contribution in [2.24, 2.45) is 0 Å². The minimum absolute atomic E-state index is 0.204. The van der Waals surface area contributed by atoms with E-state index in [9.17, 15) is 9.59 Å². The van der Waals surface area contributed by atoms with E-state index >= 15 is 0 Å². The third kappa shape index (κ3) is 1.92. The highest BCUT2D eigenvalue weighted by molar-refractivity contribution is 9.10. The molecule has 1 fully saturated rings. The van der Waals surface area contributed by atoms with Gasteiger partial charge in [-0.05, 0) is 40.9 Å². The summed E-state index contributed by atoms with van der Waals surface area (Å²) in [5.41, 5.74) is -0.872. The van der Waals surface area contributed by atoms with E-state index in [1.807, 2.05) is 0 Å². The highest BCUT2D eigenvalue weighted by Crippen LogP contribution is 2.35. The fourth-order valence-corrected chi connectivity index (χ4v) is 1.78. The topological polar surface area (TPSA) is 79.3 Å². The number of carboxylic acids is 1. The summed E-state index contributed by atoms with van der Waals surface area (Å²) < 4.78 is 0.550. The molecule has 5 nitrogen and oxygen atoms in total. The van der Waals surface area contributed by atoms with Crippen molar-refractivity contribution >= 4 is 27.8 Å². The summed E-state index contributed by atoms with van der Waals surface area (Å²) in [5, 5.41) is 11.4. The summed E-state index contributed by atoms with van der Waals surface area (Å²) in [6.45, 7) is 0. The van der Waals surface area contributed by atoms with Gasteiger partial charge in [0, 0.05) is 10.7 Å². The van der Waals surface area contributed by atoms with Crippen LogP contribution in [0, 0.1) is 0 Å². The van der Waals surface area contributed by atoms with Crippen molar-refractivity contribution in [3.8, 4) is 0 Å². The van der Waals surface area contributed by atoms with E-state index in [0.29, 0.717) is 17.3 Å². The lowest BCUT2D eigenvalue weighted by Gasteiger charge is -2.12. The first kappa shape index (κ1) is 11.1. The van der Waals surface area contributed by atoms with Gasteiger partial charge in [0.2, 0.25) is 0 Å². The van der Waals surface area contributed by atoms with Gasteiger partial charge in [0.1, 0.15) is 11.2 Å². The highest BCUT2D eigenvalue weighted by atomic mass is 79.9. The number of nitrogens with zero attached hydrogens (tertiary/aromatic N) is 1. The second-order valence-corrected chi connectivity index (χ2v) is 4.53. The van der Waals surface area contributed by atoms with Crippen molar-refractivity contribution in [1.29, 1.82) is 0 Å². The van der Waals surface area contributed by atoms with Gasteiger partial charge in [-0.15, -0.1) is 0 Å². The molecule has 0 unspecified atom stereocenters. The summed E-state index contributed by atoms with van der Waals surface area (Å²) in [6.07, 6.45) is 2.43. The van der Waals surface area contributed by atoms with Crippen LogP contribution < -0.4 is 5.32 Å². The van der Waals surface area contributed by atoms with E-state index in [2.05, 4.69) is 26.2 Å². The molecule has 0 aliphatic heterocycles.